The number of carbonyl (C=O) groups is 3. The molecule has 1 aromatic rings. The molecular weight excluding hydrogens is 410 g/mol. The lowest BCUT2D eigenvalue weighted by molar-refractivity contribution is -0.165. The molecule has 0 spiro atoms. The molecule has 7 nitrogen and oxygen atoms in total. The topological polar surface area (TPSA) is 90.9 Å². The fraction of sp³-hybridized carbons (Fsp3) is 0.560. The minimum atomic E-state index is -1.69. The minimum Gasteiger partial charge on any atom is -0.494 e. The molecule has 1 rings (SSSR count). The van der Waals surface area contributed by atoms with Crippen LogP contribution < -0.4 is 10.1 Å². The molecule has 0 atom stereocenters. The van der Waals surface area contributed by atoms with Crippen molar-refractivity contribution in [2.45, 2.75) is 71.6 Å². The second kappa shape index (κ2) is 14.3. The van der Waals surface area contributed by atoms with Crippen molar-refractivity contribution in [3.05, 3.63) is 36.4 Å². The number of nitrogens with one attached hydrogen (secondary N) is 1. The van der Waals surface area contributed by atoms with Gasteiger partial charge in [0.1, 0.15) is 5.75 Å². The van der Waals surface area contributed by atoms with Gasteiger partial charge < -0.3 is 19.5 Å². The average molecular weight is 448 g/mol. The van der Waals surface area contributed by atoms with E-state index in [1.54, 1.807) is 39.0 Å². The maximum absolute atomic E-state index is 13.0. The number of esters is 2. The first kappa shape index (κ1) is 27.2. The molecule has 0 saturated heterocycles. The summed E-state index contributed by atoms with van der Waals surface area (Å²) in [6, 6.07) is 4.96. The maximum Gasteiger partial charge on any atom is 0.328 e. The molecule has 1 amide bonds. The number of allylic oxidation sites excluding steroid dienone is 1. The summed E-state index contributed by atoms with van der Waals surface area (Å²) in [5.41, 5.74) is -1.04. The smallest absolute Gasteiger partial charge is 0.328 e. The molecule has 0 heterocycles. The molecule has 0 unspecified atom stereocenters. The van der Waals surface area contributed by atoms with Gasteiger partial charge in [0.15, 0.2) is 5.41 Å². The van der Waals surface area contributed by atoms with Gasteiger partial charge in [0.2, 0.25) is 5.91 Å². The van der Waals surface area contributed by atoms with E-state index in [0.29, 0.717) is 23.6 Å². The largest absolute Gasteiger partial charge is 0.494 e. The third-order valence-electron chi connectivity index (χ3n) is 5.11. The monoisotopic (exact) mass is 447 g/mol. The predicted molar refractivity (Wildman–Crippen MR) is 125 cm³/mol. The Hall–Kier alpha value is -2.83. The van der Waals surface area contributed by atoms with Crippen LogP contribution in [-0.4, -0.2) is 37.7 Å². The quantitative estimate of drug-likeness (QED) is 0.177. The van der Waals surface area contributed by atoms with Crippen LogP contribution in [0.25, 0.3) is 0 Å². The first-order chi connectivity index (χ1) is 15.4. The van der Waals surface area contributed by atoms with Crippen LogP contribution in [0.5, 0.6) is 5.75 Å². The van der Waals surface area contributed by atoms with Gasteiger partial charge in [-0.1, -0.05) is 31.9 Å². The highest BCUT2D eigenvalue weighted by atomic mass is 16.6. The first-order valence-corrected chi connectivity index (χ1v) is 11.4. The average Bonchev–Trinajstić information content (AvgIpc) is 2.75. The van der Waals surface area contributed by atoms with Gasteiger partial charge in [0.25, 0.3) is 0 Å². The van der Waals surface area contributed by atoms with Crippen LogP contribution >= 0.6 is 0 Å². The van der Waals surface area contributed by atoms with Crippen molar-refractivity contribution >= 4 is 23.5 Å². The van der Waals surface area contributed by atoms with Crippen LogP contribution in [-0.2, 0) is 29.3 Å². The third kappa shape index (κ3) is 7.39. The summed E-state index contributed by atoms with van der Waals surface area (Å²) in [5.74, 6) is -1.20. The Morgan fingerprint density at radius 3 is 2.16 bits per heavy atom. The summed E-state index contributed by atoms with van der Waals surface area (Å²) < 4.78 is 16.3. The molecule has 1 aromatic carbocycles. The zero-order valence-corrected chi connectivity index (χ0v) is 19.8. The van der Waals surface area contributed by atoms with E-state index in [9.17, 15) is 14.4 Å². The number of anilines is 1. The van der Waals surface area contributed by atoms with Gasteiger partial charge >= 0.3 is 11.9 Å². The van der Waals surface area contributed by atoms with E-state index >= 15 is 0 Å². The van der Waals surface area contributed by atoms with Crippen molar-refractivity contribution in [2.75, 3.05) is 25.1 Å². The van der Waals surface area contributed by atoms with Crippen LogP contribution in [0.4, 0.5) is 5.69 Å². The summed E-state index contributed by atoms with van der Waals surface area (Å²) >= 11 is 0. The van der Waals surface area contributed by atoms with Crippen molar-refractivity contribution in [3.8, 4) is 5.75 Å². The summed E-state index contributed by atoms with van der Waals surface area (Å²) in [7, 11) is 0. The number of unbranched alkanes of at least 4 members (excludes halogenated alkanes) is 4. The number of benzene rings is 1. The van der Waals surface area contributed by atoms with Crippen LogP contribution in [0.1, 0.15) is 71.8 Å². The van der Waals surface area contributed by atoms with Crippen molar-refractivity contribution < 1.29 is 28.6 Å². The van der Waals surface area contributed by atoms with Crippen molar-refractivity contribution in [3.63, 3.8) is 0 Å². The fourth-order valence-electron chi connectivity index (χ4n) is 3.50. The van der Waals surface area contributed by atoms with Crippen LogP contribution in [0.15, 0.2) is 30.9 Å². The fourth-order valence-corrected chi connectivity index (χ4v) is 3.50. The number of carbonyl (C=O) groups excluding carboxylic acids is 3. The van der Waals surface area contributed by atoms with Gasteiger partial charge in [-0.05, 0) is 45.6 Å². The molecule has 0 radical (unpaired) electrons. The molecule has 178 valence electrons. The maximum atomic E-state index is 13.0. The standard InChI is InChI=1S/C25H37NO6/c1-6-10-11-12-13-14-17-32-20-15-16-21(22(18-20)26-19(5)27)25(7-2,23(28)30-8-3)24(29)31-9-4/h6,15-16,18H,1,7-14,17H2,2-5H3,(H,26,27). The Labute approximate surface area is 191 Å². The van der Waals surface area contributed by atoms with Crippen molar-refractivity contribution in [1.82, 2.24) is 0 Å². The highest BCUT2D eigenvalue weighted by Gasteiger charge is 2.50. The Kier molecular flexibility index (Phi) is 12.1. The molecule has 0 saturated carbocycles. The van der Waals surface area contributed by atoms with Crippen LogP contribution in [0.2, 0.25) is 0 Å². The normalized spacial score (nSPS) is 10.9. The number of amides is 1. The number of hydrogen-bond acceptors (Lipinski definition) is 6. The van der Waals surface area contributed by atoms with Gasteiger partial charge in [-0.15, -0.1) is 6.58 Å². The molecule has 0 aliphatic heterocycles. The SMILES string of the molecule is C=CCCCCCCOc1ccc(C(CC)(C(=O)OCC)C(=O)OCC)c(NC(C)=O)c1. The van der Waals surface area contributed by atoms with E-state index in [2.05, 4.69) is 11.9 Å². The number of rotatable bonds is 15. The van der Waals surface area contributed by atoms with Gasteiger partial charge in [-0.3, -0.25) is 14.4 Å². The van der Waals surface area contributed by atoms with E-state index in [1.807, 2.05) is 6.08 Å². The van der Waals surface area contributed by atoms with Gasteiger partial charge in [-0.2, -0.15) is 0 Å². The molecule has 32 heavy (non-hydrogen) atoms. The summed E-state index contributed by atoms with van der Waals surface area (Å²) in [6.07, 6.45) is 7.23. The molecule has 0 aliphatic carbocycles. The van der Waals surface area contributed by atoms with Gasteiger partial charge in [-0.25, -0.2) is 0 Å². The van der Waals surface area contributed by atoms with Gasteiger partial charge in [0.05, 0.1) is 19.8 Å². The summed E-state index contributed by atoms with van der Waals surface area (Å²) in [5, 5.41) is 2.73. The molecule has 7 heteroatoms. The van der Waals surface area contributed by atoms with E-state index in [1.165, 1.54) is 6.92 Å². The Morgan fingerprint density at radius 1 is 1.00 bits per heavy atom. The molecule has 1 N–H and O–H groups in total. The molecule has 0 aromatic heterocycles. The number of hydrogen-bond donors (Lipinski definition) is 1. The molecular formula is C25H37NO6. The minimum absolute atomic E-state index is 0.113. The first-order valence-electron chi connectivity index (χ1n) is 11.4. The van der Waals surface area contributed by atoms with Crippen molar-refractivity contribution in [1.29, 1.82) is 0 Å². The summed E-state index contributed by atoms with van der Waals surface area (Å²) in [4.78, 5) is 37.8. The Bertz CT molecular complexity index is 756. The molecule has 0 fully saturated rings. The predicted octanol–water partition coefficient (Wildman–Crippen LogP) is 4.93. The summed E-state index contributed by atoms with van der Waals surface area (Å²) in [6.45, 7) is 10.9. The van der Waals surface area contributed by atoms with Crippen molar-refractivity contribution in [2.24, 2.45) is 0 Å². The Balaban J connectivity index is 3.21. The van der Waals surface area contributed by atoms with Gasteiger partial charge in [0, 0.05) is 24.2 Å². The third-order valence-corrected chi connectivity index (χ3v) is 5.11. The lowest BCUT2D eigenvalue weighted by Gasteiger charge is -2.30. The second-order valence-electron chi connectivity index (χ2n) is 7.43. The molecule has 0 bridgehead atoms. The lowest BCUT2D eigenvalue weighted by Crippen LogP contribution is -2.46. The van der Waals surface area contributed by atoms with E-state index in [-0.39, 0.29) is 25.5 Å². The highest BCUT2D eigenvalue weighted by Crippen LogP contribution is 2.38. The lowest BCUT2D eigenvalue weighted by atomic mass is 9.77. The van der Waals surface area contributed by atoms with E-state index < -0.39 is 17.4 Å². The van der Waals surface area contributed by atoms with E-state index in [0.717, 1.165) is 32.1 Å². The van der Waals surface area contributed by atoms with Crippen LogP contribution in [0.3, 0.4) is 0 Å². The zero-order valence-electron chi connectivity index (χ0n) is 19.8. The highest BCUT2D eigenvalue weighted by molar-refractivity contribution is 6.08. The zero-order chi connectivity index (χ0) is 24.0. The second-order valence-corrected chi connectivity index (χ2v) is 7.43. The Morgan fingerprint density at radius 2 is 1.62 bits per heavy atom. The van der Waals surface area contributed by atoms with E-state index in [4.69, 9.17) is 14.2 Å². The van der Waals surface area contributed by atoms with Crippen LogP contribution in [0, 0.1) is 0 Å². The molecule has 0 aliphatic rings. The number of ether oxygens (including phenoxy) is 3.